The molecule has 4 heterocycles. The lowest BCUT2D eigenvalue weighted by Gasteiger charge is -2.37. The lowest BCUT2D eigenvalue weighted by Crippen LogP contribution is -2.46. The number of fused-ring (bicyclic) bond motifs is 1. The lowest BCUT2D eigenvalue weighted by atomic mass is 9.91. The van der Waals surface area contributed by atoms with Crippen LogP contribution in [0.5, 0.6) is 0 Å². The van der Waals surface area contributed by atoms with Crippen molar-refractivity contribution in [3.63, 3.8) is 0 Å². The summed E-state index contributed by atoms with van der Waals surface area (Å²) in [5.74, 6) is 2.97. The smallest absolute Gasteiger partial charge is 0.245 e. The van der Waals surface area contributed by atoms with E-state index in [2.05, 4.69) is 21.3 Å². The molecule has 146 valence electrons. The fourth-order valence-corrected chi connectivity index (χ4v) is 4.72. The van der Waals surface area contributed by atoms with E-state index >= 15 is 0 Å². The van der Waals surface area contributed by atoms with E-state index in [1.165, 1.54) is 18.9 Å². The van der Waals surface area contributed by atoms with Crippen LogP contribution in [0.2, 0.25) is 0 Å². The van der Waals surface area contributed by atoms with Gasteiger partial charge in [0.2, 0.25) is 11.8 Å². The molecule has 27 heavy (non-hydrogen) atoms. The van der Waals surface area contributed by atoms with Crippen molar-refractivity contribution >= 4 is 11.8 Å². The molecule has 7 heteroatoms. The first kappa shape index (κ1) is 18.2. The average Bonchev–Trinajstić information content (AvgIpc) is 3.17. The highest BCUT2D eigenvalue weighted by molar-refractivity contribution is 5.87. The molecule has 0 spiro atoms. The molecule has 3 aliphatic heterocycles. The Hall–Kier alpha value is -2.18. The van der Waals surface area contributed by atoms with E-state index in [1.807, 2.05) is 4.90 Å². The van der Waals surface area contributed by atoms with Gasteiger partial charge in [-0.05, 0) is 44.6 Å². The third-order valence-corrected chi connectivity index (χ3v) is 6.39. The molecule has 0 saturated carbocycles. The predicted octanol–water partition coefficient (Wildman–Crippen LogP) is 1.74. The molecule has 1 aromatic rings. The molecule has 0 N–H and O–H groups in total. The third-order valence-electron chi connectivity index (χ3n) is 6.39. The van der Waals surface area contributed by atoms with Gasteiger partial charge in [-0.15, -0.1) is 10.2 Å². The Kier molecular flexibility index (Phi) is 5.27. The predicted molar refractivity (Wildman–Crippen MR) is 101 cm³/mol. The quantitative estimate of drug-likeness (QED) is 0.759. The van der Waals surface area contributed by atoms with E-state index in [-0.39, 0.29) is 17.7 Å². The van der Waals surface area contributed by atoms with Crippen LogP contribution in [0.25, 0.3) is 0 Å². The van der Waals surface area contributed by atoms with Crippen molar-refractivity contribution in [1.29, 1.82) is 0 Å². The van der Waals surface area contributed by atoms with Crippen LogP contribution in [-0.4, -0.2) is 62.6 Å². The normalized spacial score (nSPS) is 21.8. The molecular weight excluding hydrogens is 342 g/mol. The summed E-state index contributed by atoms with van der Waals surface area (Å²) in [6.07, 6.45) is 8.28. The van der Waals surface area contributed by atoms with E-state index in [0.29, 0.717) is 19.0 Å². The van der Waals surface area contributed by atoms with Crippen molar-refractivity contribution in [2.75, 3.05) is 26.2 Å². The Balaban J connectivity index is 1.30. The number of hydrogen-bond donors (Lipinski definition) is 0. The first-order chi connectivity index (χ1) is 13.2. The second kappa shape index (κ2) is 7.82. The second-order valence-electron chi connectivity index (χ2n) is 7.99. The van der Waals surface area contributed by atoms with E-state index in [4.69, 9.17) is 0 Å². The number of amides is 2. The zero-order valence-corrected chi connectivity index (χ0v) is 16.0. The molecule has 4 rings (SSSR count). The number of carbonyl (C=O) groups excluding carboxylic acids is 2. The Morgan fingerprint density at radius 2 is 1.63 bits per heavy atom. The third kappa shape index (κ3) is 3.64. The van der Waals surface area contributed by atoms with Gasteiger partial charge in [0.05, 0.1) is 0 Å². The number of carbonyl (C=O) groups is 2. The van der Waals surface area contributed by atoms with Gasteiger partial charge in [0.1, 0.15) is 11.6 Å². The number of rotatable bonds is 3. The van der Waals surface area contributed by atoms with Crippen LogP contribution in [0.15, 0.2) is 12.7 Å². The van der Waals surface area contributed by atoms with E-state index < -0.39 is 0 Å². The number of hydrogen-bond acceptors (Lipinski definition) is 4. The highest BCUT2D eigenvalue weighted by Gasteiger charge is 2.33. The molecule has 0 unspecified atom stereocenters. The van der Waals surface area contributed by atoms with E-state index in [1.54, 1.807) is 4.90 Å². The van der Waals surface area contributed by atoms with Crippen LogP contribution >= 0.6 is 0 Å². The second-order valence-corrected chi connectivity index (χ2v) is 7.99. The molecule has 2 fully saturated rings. The number of aromatic nitrogens is 3. The van der Waals surface area contributed by atoms with Crippen LogP contribution < -0.4 is 0 Å². The standard InChI is InChI=1S/C20H29N5O2/c1-2-18(26)23-11-8-16(9-12-23)20(27)24-13-6-15(7-14-24)19-22-21-17-5-3-4-10-25(17)19/h2,15-16H,1,3-14H2. The molecule has 7 nitrogen and oxygen atoms in total. The summed E-state index contributed by atoms with van der Waals surface area (Å²) in [6.45, 7) is 7.50. The first-order valence-corrected chi connectivity index (χ1v) is 10.3. The first-order valence-electron chi connectivity index (χ1n) is 10.3. The van der Waals surface area contributed by atoms with Gasteiger partial charge in [-0.2, -0.15) is 0 Å². The van der Waals surface area contributed by atoms with Gasteiger partial charge in [-0.1, -0.05) is 6.58 Å². The highest BCUT2D eigenvalue weighted by Crippen LogP contribution is 2.30. The minimum atomic E-state index is -0.0293. The lowest BCUT2D eigenvalue weighted by molar-refractivity contribution is -0.140. The summed E-state index contributed by atoms with van der Waals surface area (Å²) in [4.78, 5) is 28.4. The van der Waals surface area contributed by atoms with Crippen molar-refractivity contribution in [1.82, 2.24) is 24.6 Å². The van der Waals surface area contributed by atoms with Crippen molar-refractivity contribution < 1.29 is 9.59 Å². The zero-order chi connectivity index (χ0) is 18.8. The monoisotopic (exact) mass is 371 g/mol. The van der Waals surface area contributed by atoms with Crippen molar-refractivity contribution in [3.8, 4) is 0 Å². The van der Waals surface area contributed by atoms with E-state index in [9.17, 15) is 9.59 Å². The molecule has 2 amide bonds. The molecule has 2 saturated heterocycles. The van der Waals surface area contributed by atoms with Gasteiger partial charge in [0, 0.05) is 51.0 Å². The van der Waals surface area contributed by atoms with E-state index in [0.717, 1.165) is 63.4 Å². The maximum atomic E-state index is 12.9. The van der Waals surface area contributed by atoms with Gasteiger partial charge in [0.25, 0.3) is 0 Å². The number of piperidine rings is 2. The van der Waals surface area contributed by atoms with Crippen LogP contribution in [0.3, 0.4) is 0 Å². The Bertz CT molecular complexity index is 712. The Morgan fingerprint density at radius 1 is 0.926 bits per heavy atom. The molecule has 0 aromatic carbocycles. The number of aryl methyl sites for hydroxylation is 1. The maximum Gasteiger partial charge on any atom is 0.245 e. The molecule has 0 radical (unpaired) electrons. The topological polar surface area (TPSA) is 71.3 Å². The van der Waals surface area contributed by atoms with Gasteiger partial charge < -0.3 is 14.4 Å². The van der Waals surface area contributed by atoms with Crippen molar-refractivity contribution in [2.24, 2.45) is 5.92 Å². The van der Waals surface area contributed by atoms with Gasteiger partial charge in [-0.3, -0.25) is 9.59 Å². The fourth-order valence-electron chi connectivity index (χ4n) is 4.72. The molecule has 1 aromatic heterocycles. The maximum absolute atomic E-state index is 12.9. The minimum Gasteiger partial charge on any atom is -0.342 e. The van der Waals surface area contributed by atoms with Crippen LogP contribution in [0.1, 0.15) is 56.1 Å². The van der Waals surface area contributed by atoms with Crippen LogP contribution in [0, 0.1) is 5.92 Å². The Morgan fingerprint density at radius 3 is 2.33 bits per heavy atom. The summed E-state index contributed by atoms with van der Waals surface area (Å²) in [5.41, 5.74) is 0. The van der Waals surface area contributed by atoms with Gasteiger partial charge in [-0.25, -0.2) is 0 Å². The highest BCUT2D eigenvalue weighted by atomic mass is 16.2. The zero-order valence-electron chi connectivity index (χ0n) is 16.0. The molecule has 0 aliphatic carbocycles. The number of likely N-dealkylation sites (tertiary alicyclic amines) is 2. The molecule has 0 bridgehead atoms. The SMILES string of the molecule is C=CC(=O)N1CCC(C(=O)N2CCC(c3nnc4n3CCCC4)CC2)CC1. The minimum absolute atomic E-state index is 0.0293. The summed E-state index contributed by atoms with van der Waals surface area (Å²) < 4.78 is 2.32. The molecule has 3 aliphatic rings. The average molecular weight is 371 g/mol. The van der Waals surface area contributed by atoms with Crippen LogP contribution in [-0.2, 0) is 22.6 Å². The molecule has 0 atom stereocenters. The Labute approximate surface area is 160 Å². The summed E-state index contributed by atoms with van der Waals surface area (Å²) in [7, 11) is 0. The van der Waals surface area contributed by atoms with Crippen LogP contribution in [0.4, 0.5) is 0 Å². The van der Waals surface area contributed by atoms with Gasteiger partial charge in [0.15, 0.2) is 0 Å². The largest absolute Gasteiger partial charge is 0.342 e. The van der Waals surface area contributed by atoms with Gasteiger partial charge >= 0.3 is 0 Å². The molecular formula is C20H29N5O2. The van der Waals surface area contributed by atoms with Crippen molar-refractivity contribution in [2.45, 2.75) is 57.4 Å². The summed E-state index contributed by atoms with van der Waals surface area (Å²) in [6, 6.07) is 0. The number of nitrogens with zero attached hydrogens (tertiary/aromatic N) is 5. The summed E-state index contributed by atoms with van der Waals surface area (Å²) >= 11 is 0. The summed E-state index contributed by atoms with van der Waals surface area (Å²) in [5, 5.41) is 8.86. The fraction of sp³-hybridized carbons (Fsp3) is 0.700. The van der Waals surface area contributed by atoms with Crippen molar-refractivity contribution in [3.05, 3.63) is 24.3 Å².